The van der Waals surface area contributed by atoms with Crippen molar-refractivity contribution < 1.29 is 14.3 Å². The lowest BCUT2D eigenvalue weighted by molar-refractivity contribution is -0.131. The van der Waals surface area contributed by atoms with Crippen molar-refractivity contribution in [1.82, 2.24) is 0 Å². The topological polar surface area (TPSA) is 37.3 Å². The van der Waals surface area contributed by atoms with Crippen LogP contribution in [-0.2, 0) is 4.79 Å². The Labute approximate surface area is 47.6 Å². The number of halogens is 1. The van der Waals surface area contributed by atoms with Crippen LogP contribution in [0.15, 0.2) is 12.7 Å². The molecular formula is C5H9FO2. The Hall–Kier alpha value is -0.860. The largest absolute Gasteiger partial charge is 0.478 e. The number of hydrogen-bond acceptors (Lipinski definition) is 1. The van der Waals surface area contributed by atoms with Gasteiger partial charge in [0.25, 0.3) is 0 Å². The van der Waals surface area contributed by atoms with Gasteiger partial charge < -0.3 is 5.11 Å². The molecule has 0 aromatic carbocycles. The van der Waals surface area contributed by atoms with Gasteiger partial charge in [0, 0.05) is 6.08 Å². The minimum Gasteiger partial charge on any atom is -0.478 e. The standard InChI is InChI=1S/C3H4O2.C2H5F/c1-2-3(4)5;1-2-3/h2H,1H2,(H,4,5);2H2,1H3. The monoisotopic (exact) mass is 120 g/mol. The maximum atomic E-state index is 10.3. The van der Waals surface area contributed by atoms with Crippen molar-refractivity contribution in [2.75, 3.05) is 6.67 Å². The van der Waals surface area contributed by atoms with E-state index in [0.29, 0.717) is 0 Å². The van der Waals surface area contributed by atoms with Crippen LogP contribution in [0, 0.1) is 0 Å². The fraction of sp³-hybridized carbons (Fsp3) is 0.400. The van der Waals surface area contributed by atoms with Gasteiger partial charge in [-0.2, -0.15) is 0 Å². The number of rotatable bonds is 1. The van der Waals surface area contributed by atoms with Gasteiger partial charge in [-0.25, -0.2) is 4.79 Å². The van der Waals surface area contributed by atoms with Crippen LogP contribution in [0.3, 0.4) is 0 Å². The molecule has 0 fully saturated rings. The molecule has 0 aliphatic carbocycles. The summed E-state index contributed by atoms with van der Waals surface area (Å²) >= 11 is 0. The van der Waals surface area contributed by atoms with Crippen molar-refractivity contribution in [1.29, 1.82) is 0 Å². The van der Waals surface area contributed by atoms with Gasteiger partial charge in [-0.1, -0.05) is 6.58 Å². The van der Waals surface area contributed by atoms with Crippen LogP contribution in [0.2, 0.25) is 0 Å². The maximum absolute atomic E-state index is 10.3. The van der Waals surface area contributed by atoms with Crippen molar-refractivity contribution in [2.24, 2.45) is 0 Å². The van der Waals surface area contributed by atoms with Gasteiger partial charge in [-0.05, 0) is 6.92 Å². The molecule has 0 aliphatic rings. The van der Waals surface area contributed by atoms with Crippen LogP contribution in [0.4, 0.5) is 4.39 Å². The van der Waals surface area contributed by atoms with Crippen molar-refractivity contribution in [3.63, 3.8) is 0 Å². The highest BCUT2D eigenvalue weighted by atomic mass is 19.1. The molecule has 0 aromatic rings. The van der Waals surface area contributed by atoms with Crippen LogP contribution in [0.25, 0.3) is 0 Å². The van der Waals surface area contributed by atoms with Crippen molar-refractivity contribution in [3.8, 4) is 0 Å². The zero-order chi connectivity index (χ0) is 6.99. The molecule has 48 valence electrons. The van der Waals surface area contributed by atoms with Gasteiger partial charge in [0.1, 0.15) is 0 Å². The summed E-state index contributed by atoms with van der Waals surface area (Å²) < 4.78 is 10.3. The summed E-state index contributed by atoms with van der Waals surface area (Å²) in [5, 5.41) is 7.60. The maximum Gasteiger partial charge on any atom is 0.327 e. The number of aliphatic carboxylic acids is 1. The van der Waals surface area contributed by atoms with E-state index in [1.54, 1.807) is 0 Å². The predicted octanol–water partition coefficient (Wildman–Crippen LogP) is 1.23. The van der Waals surface area contributed by atoms with Gasteiger partial charge in [0.15, 0.2) is 0 Å². The highest BCUT2D eigenvalue weighted by molar-refractivity contribution is 5.78. The summed E-state index contributed by atoms with van der Waals surface area (Å²) in [5.41, 5.74) is 0. The third-order valence-corrected chi connectivity index (χ3v) is 0.175. The van der Waals surface area contributed by atoms with Crippen molar-refractivity contribution in [3.05, 3.63) is 12.7 Å². The van der Waals surface area contributed by atoms with E-state index in [1.807, 2.05) is 0 Å². The van der Waals surface area contributed by atoms with E-state index < -0.39 is 5.97 Å². The summed E-state index contributed by atoms with van der Waals surface area (Å²) in [4.78, 5) is 9.25. The van der Waals surface area contributed by atoms with Gasteiger partial charge in [0.2, 0.25) is 0 Å². The van der Waals surface area contributed by atoms with E-state index >= 15 is 0 Å². The molecule has 0 saturated carbocycles. The molecule has 0 radical (unpaired) electrons. The molecule has 2 nitrogen and oxygen atoms in total. The molecule has 0 heterocycles. The van der Waals surface area contributed by atoms with Crippen LogP contribution in [0.5, 0.6) is 0 Å². The Morgan fingerprint density at radius 1 is 2.00 bits per heavy atom. The lowest BCUT2D eigenvalue weighted by Gasteiger charge is -1.64. The molecule has 0 unspecified atom stereocenters. The first-order chi connectivity index (χ1) is 3.68. The quantitative estimate of drug-likeness (QED) is 0.528. The number of carbonyl (C=O) groups is 1. The van der Waals surface area contributed by atoms with Crippen LogP contribution in [-0.4, -0.2) is 17.8 Å². The molecule has 8 heavy (non-hydrogen) atoms. The minimum absolute atomic E-state index is 0.250. The van der Waals surface area contributed by atoms with Crippen molar-refractivity contribution in [2.45, 2.75) is 6.92 Å². The van der Waals surface area contributed by atoms with Gasteiger partial charge >= 0.3 is 5.97 Å². The smallest absolute Gasteiger partial charge is 0.327 e. The van der Waals surface area contributed by atoms with E-state index in [2.05, 4.69) is 6.58 Å². The summed E-state index contributed by atoms with van der Waals surface area (Å²) in [6, 6.07) is 0. The van der Waals surface area contributed by atoms with Crippen molar-refractivity contribution >= 4 is 5.97 Å². The Morgan fingerprint density at radius 3 is 2.12 bits per heavy atom. The molecule has 0 amide bonds. The van der Waals surface area contributed by atoms with Crippen LogP contribution in [0.1, 0.15) is 6.92 Å². The second-order valence-corrected chi connectivity index (χ2v) is 0.810. The lowest BCUT2D eigenvalue weighted by Crippen LogP contribution is -1.82. The lowest BCUT2D eigenvalue weighted by atomic mass is 10.7. The van der Waals surface area contributed by atoms with Gasteiger partial charge in [-0.3, -0.25) is 4.39 Å². The second kappa shape index (κ2) is 9.46. The Bertz CT molecular complexity index is 70.8. The third kappa shape index (κ3) is 67.8. The average Bonchev–Trinajstić information content (AvgIpc) is 1.69. The highest BCUT2D eigenvalue weighted by Gasteiger charge is 1.73. The highest BCUT2D eigenvalue weighted by Crippen LogP contribution is 1.54. The summed E-state index contributed by atoms with van der Waals surface area (Å²) in [6.45, 7) is 4.17. The second-order valence-electron chi connectivity index (χ2n) is 0.810. The number of carboxylic acid groups (broad SMARTS) is 1. The molecule has 1 N–H and O–H groups in total. The molecule has 0 aromatic heterocycles. The zero-order valence-electron chi connectivity index (χ0n) is 4.72. The fourth-order valence-electron chi connectivity index (χ4n) is 0. The van der Waals surface area contributed by atoms with Crippen LogP contribution < -0.4 is 0 Å². The number of alkyl halides is 1. The average molecular weight is 120 g/mol. The van der Waals surface area contributed by atoms with E-state index in [9.17, 15) is 9.18 Å². The third-order valence-electron chi connectivity index (χ3n) is 0.175. The zero-order valence-corrected chi connectivity index (χ0v) is 4.72. The fourth-order valence-corrected chi connectivity index (χ4v) is 0. The van der Waals surface area contributed by atoms with E-state index in [1.165, 1.54) is 6.92 Å². The first-order valence-corrected chi connectivity index (χ1v) is 2.10. The number of hydrogen-bond donors (Lipinski definition) is 1. The van der Waals surface area contributed by atoms with E-state index in [0.717, 1.165) is 6.08 Å². The Balaban J connectivity index is 0. The molecule has 0 atom stereocenters. The molecule has 0 rings (SSSR count). The Kier molecular flexibility index (Phi) is 12.1. The molecular weight excluding hydrogens is 111 g/mol. The minimum atomic E-state index is -0.981. The Morgan fingerprint density at radius 2 is 2.12 bits per heavy atom. The van der Waals surface area contributed by atoms with Gasteiger partial charge in [-0.15, -0.1) is 0 Å². The SMILES string of the molecule is C=CC(=O)O.CCF. The van der Waals surface area contributed by atoms with E-state index in [4.69, 9.17) is 5.11 Å². The van der Waals surface area contributed by atoms with Gasteiger partial charge in [0.05, 0.1) is 6.67 Å². The normalized spacial score (nSPS) is 6.25. The molecule has 0 saturated heterocycles. The molecule has 0 spiro atoms. The van der Waals surface area contributed by atoms with Crippen LogP contribution >= 0.6 is 0 Å². The first kappa shape index (κ1) is 10.2. The predicted molar refractivity (Wildman–Crippen MR) is 29.5 cm³/mol. The summed E-state index contributed by atoms with van der Waals surface area (Å²) in [7, 11) is 0. The molecule has 0 bridgehead atoms. The van der Waals surface area contributed by atoms with E-state index in [-0.39, 0.29) is 6.67 Å². The molecule has 3 heteroatoms. The first-order valence-electron chi connectivity index (χ1n) is 2.10. The molecule has 0 aliphatic heterocycles. The number of carboxylic acids is 1. The summed E-state index contributed by atoms with van der Waals surface area (Å²) in [5.74, 6) is -0.981. The summed E-state index contributed by atoms with van der Waals surface area (Å²) in [6.07, 6.45) is 0.833.